The minimum absolute atomic E-state index is 0. The number of hydrogen-bond acceptors (Lipinski definition) is 3. The predicted molar refractivity (Wildman–Crippen MR) is 47.0 cm³/mol. The van der Waals surface area contributed by atoms with Gasteiger partial charge in [0.1, 0.15) is 11.9 Å². The largest absolute Gasteiger partial charge is 0.509 e. The number of carbonyl (C=O) groups is 1. The van der Waals surface area contributed by atoms with Crippen molar-refractivity contribution < 1.29 is 40.5 Å². The summed E-state index contributed by atoms with van der Waals surface area (Å²) in [4.78, 5) is 11.1. The third-order valence-electron chi connectivity index (χ3n) is 1.63. The van der Waals surface area contributed by atoms with E-state index in [0.29, 0.717) is 0 Å². The number of rotatable bonds is 4. The van der Waals surface area contributed by atoms with Gasteiger partial charge in [-0.1, -0.05) is 13.8 Å². The molecule has 3 nitrogen and oxygen atoms in total. The molecule has 0 bridgehead atoms. The topological polar surface area (TPSA) is 46.5 Å². The Labute approximate surface area is 97.9 Å². The predicted octanol–water partition coefficient (Wildman–Crippen LogP) is 1.69. The Hall–Kier alpha value is 0.0401. The number of methoxy groups -OCH3 is 1. The van der Waals surface area contributed by atoms with Gasteiger partial charge in [0, 0.05) is 44.9 Å². The van der Waals surface area contributed by atoms with Crippen molar-refractivity contribution in [3.63, 3.8) is 0 Å². The fraction of sp³-hybridized carbons (Fsp3) is 0.667. The van der Waals surface area contributed by atoms with E-state index in [9.17, 15) is 9.90 Å². The van der Waals surface area contributed by atoms with E-state index in [2.05, 4.69) is 0 Å². The maximum Gasteiger partial charge on any atom is 0.161 e. The summed E-state index contributed by atoms with van der Waals surface area (Å²) in [6.07, 6.45) is 0.812. The van der Waals surface area contributed by atoms with Crippen molar-refractivity contribution in [2.45, 2.75) is 26.9 Å². The van der Waals surface area contributed by atoms with Crippen LogP contribution in [0.2, 0.25) is 0 Å². The van der Waals surface area contributed by atoms with Gasteiger partial charge in [0.2, 0.25) is 0 Å². The normalized spacial score (nSPS) is 13.8. The van der Waals surface area contributed by atoms with E-state index in [0.717, 1.165) is 0 Å². The van der Waals surface area contributed by atoms with Crippen LogP contribution in [0.3, 0.4) is 0 Å². The second kappa shape index (κ2) is 7.44. The monoisotopic (exact) mass is 352 g/mol. The zero-order valence-corrected chi connectivity index (χ0v) is 12.1. The van der Waals surface area contributed by atoms with Gasteiger partial charge in [-0.05, 0) is 6.92 Å². The molecule has 74 valence electrons. The van der Waals surface area contributed by atoms with Crippen molar-refractivity contribution in [3.05, 3.63) is 11.8 Å². The van der Waals surface area contributed by atoms with E-state index in [-0.39, 0.29) is 43.3 Å². The van der Waals surface area contributed by atoms with Crippen molar-refractivity contribution >= 4 is 5.78 Å². The molecule has 13 heavy (non-hydrogen) atoms. The van der Waals surface area contributed by atoms with Crippen molar-refractivity contribution in [1.29, 1.82) is 0 Å². The molecule has 0 rings (SSSR count). The van der Waals surface area contributed by atoms with Gasteiger partial charge in [-0.3, -0.25) is 4.79 Å². The second-order valence-electron chi connectivity index (χ2n) is 3.00. The number of allylic oxidation sites excluding steroid dienone is 1. The molecule has 0 aliphatic rings. The van der Waals surface area contributed by atoms with Gasteiger partial charge in [0.05, 0.1) is 0 Å². The summed E-state index contributed by atoms with van der Waals surface area (Å²) >= 11 is 0. The number of aliphatic hydroxyl groups is 1. The van der Waals surface area contributed by atoms with Crippen LogP contribution in [-0.2, 0) is 35.4 Å². The Bertz CT molecular complexity index is 187. The molecule has 0 aliphatic carbocycles. The van der Waals surface area contributed by atoms with Crippen molar-refractivity contribution in [2.75, 3.05) is 7.11 Å². The molecule has 0 amide bonds. The second-order valence-corrected chi connectivity index (χ2v) is 3.00. The number of hydrogen-bond donors (Lipinski definition) is 1. The van der Waals surface area contributed by atoms with Gasteiger partial charge >= 0.3 is 0 Å². The van der Waals surface area contributed by atoms with Gasteiger partial charge < -0.3 is 9.84 Å². The van der Waals surface area contributed by atoms with Gasteiger partial charge in [-0.25, -0.2) is 0 Å². The maximum atomic E-state index is 11.1. The van der Waals surface area contributed by atoms with E-state index in [4.69, 9.17) is 4.74 Å². The molecule has 1 unspecified atom stereocenters. The fourth-order valence-electron chi connectivity index (χ4n) is 0.551. The number of ether oxygens (including phenoxy) is 1. The van der Waals surface area contributed by atoms with Crippen LogP contribution in [-0.4, -0.2) is 24.1 Å². The molecule has 0 aliphatic heterocycles. The molecule has 0 fully saturated rings. The van der Waals surface area contributed by atoms with E-state index >= 15 is 0 Å². The first-order chi connectivity index (χ1) is 5.49. The number of carbonyl (C=O) groups excluding carboxylic acids is 1. The third kappa shape index (κ3) is 6.16. The Morgan fingerprint density at radius 2 is 1.85 bits per heavy atom. The van der Waals surface area contributed by atoms with Gasteiger partial charge in [0.25, 0.3) is 0 Å². The summed E-state index contributed by atoms with van der Waals surface area (Å²) < 4.78 is 4.82. The molecule has 0 radical (unpaired) electrons. The Kier molecular flexibility index (Phi) is 8.88. The molecular weight excluding hydrogens is 335 g/mol. The Morgan fingerprint density at radius 3 is 2.15 bits per heavy atom. The molecule has 0 spiro atoms. The van der Waals surface area contributed by atoms with Crippen LogP contribution in [0.25, 0.3) is 0 Å². The first kappa shape index (κ1) is 15.5. The molecule has 0 aromatic heterocycles. The summed E-state index contributed by atoms with van der Waals surface area (Å²) in [5.41, 5.74) is 0. The van der Waals surface area contributed by atoms with Crippen LogP contribution in [0.4, 0.5) is 0 Å². The SMILES string of the molecule is COC(C)/C(O)=C/C(=O)C(C)C.[Hf]. The van der Waals surface area contributed by atoms with Crippen LogP contribution in [0.5, 0.6) is 0 Å². The first-order valence-electron chi connectivity index (χ1n) is 3.96. The minimum Gasteiger partial charge on any atom is -0.509 e. The smallest absolute Gasteiger partial charge is 0.161 e. The molecule has 1 N–H and O–H groups in total. The average Bonchev–Trinajstić information content (AvgIpc) is 2.02. The van der Waals surface area contributed by atoms with Crippen LogP contribution in [0.15, 0.2) is 11.8 Å². The van der Waals surface area contributed by atoms with E-state index in [1.54, 1.807) is 20.8 Å². The van der Waals surface area contributed by atoms with Crippen molar-refractivity contribution in [3.8, 4) is 0 Å². The third-order valence-corrected chi connectivity index (χ3v) is 1.63. The van der Waals surface area contributed by atoms with E-state index < -0.39 is 6.10 Å². The van der Waals surface area contributed by atoms with E-state index in [1.807, 2.05) is 0 Å². The average molecular weight is 351 g/mol. The summed E-state index contributed by atoms with van der Waals surface area (Å²) in [7, 11) is 1.48. The Balaban J connectivity index is 0. The van der Waals surface area contributed by atoms with Crippen LogP contribution < -0.4 is 0 Å². The van der Waals surface area contributed by atoms with E-state index in [1.165, 1.54) is 13.2 Å². The summed E-state index contributed by atoms with van der Waals surface area (Å²) in [6.45, 7) is 5.24. The summed E-state index contributed by atoms with van der Waals surface area (Å²) in [6, 6.07) is 0. The van der Waals surface area contributed by atoms with Gasteiger partial charge in [-0.2, -0.15) is 0 Å². The molecule has 0 saturated heterocycles. The maximum absolute atomic E-state index is 11.1. The van der Waals surface area contributed by atoms with Crippen molar-refractivity contribution in [1.82, 2.24) is 0 Å². The molecular formula is C9H16HfO3. The zero-order valence-electron chi connectivity index (χ0n) is 8.50. The standard InChI is InChI=1S/C9H16O3.Hf/c1-6(2)8(10)5-9(11)7(3)12-4;/h5-7,11H,1-4H3;/b9-5-;. The van der Waals surface area contributed by atoms with Crippen LogP contribution >= 0.6 is 0 Å². The Morgan fingerprint density at radius 1 is 1.38 bits per heavy atom. The number of aliphatic hydroxyl groups excluding tert-OH is 1. The fourth-order valence-corrected chi connectivity index (χ4v) is 0.551. The molecule has 0 aromatic rings. The molecule has 4 heteroatoms. The molecule has 0 aromatic carbocycles. The van der Waals surface area contributed by atoms with Gasteiger partial charge in [-0.15, -0.1) is 0 Å². The van der Waals surface area contributed by atoms with Crippen LogP contribution in [0, 0.1) is 5.92 Å². The van der Waals surface area contributed by atoms with Gasteiger partial charge in [0.15, 0.2) is 5.78 Å². The summed E-state index contributed by atoms with van der Waals surface area (Å²) in [5.74, 6) is -0.191. The quantitative estimate of drug-likeness (QED) is 0.477. The number of ketones is 1. The molecule has 0 heterocycles. The summed E-state index contributed by atoms with van der Waals surface area (Å²) in [5, 5.41) is 9.25. The zero-order chi connectivity index (χ0) is 9.72. The minimum atomic E-state index is -0.410. The molecule has 0 saturated carbocycles. The molecule has 1 atom stereocenters. The first-order valence-corrected chi connectivity index (χ1v) is 3.96. The van der Waals surface area contributed by atoms with Crippen LogP contribution in [0.1, 0.15) is 20.8 Å². The van der Waals surface area contributed by atoms with Crippen molar-refractivity contribution in [2.24, 2.45) is 5.92 Å².